The molecule has 0 N–H and O–H groups in total. The Balaban J connectivity index is 1.47. The molecule has 0 radical (unpaired) electrons. The van der Waals surface area contributed by atoms with Crippen molar-refractivity contribution in [3.63, 3.8) is 0 Å². The monoisotopic (exact) mass is 359 g/mol. The maximum Gasteiger partial charge on any atom is 0.266 e. The first kappa shape index (κ1) is 16.6. The summed E-state index contributed by atoms with van der Waals surface area (Å²) in [4.78, 5) is 10.3. The summed E-state index contributed by atoms with van der Waals surface area (Å²) in [7, 11) is 1.59. The molecule has 3 aromatic rings. The molecule has 4 rings (SSSR count). The van der Waals surface area contributed by atoms with Crippen molar-refractivity contribution in [2.75, 3.05) is 20.2 Å². The number of ether oxygens (including phenoxy) is 1. The summed E-state index contributed by atoms with van der Waals surface area (Å²) in [6.07, 6.45) is 0.272. The second-order valence-electron chi connectivity index (χ2n) is 6.31. The summed E-state index contributed by atoms with van der Waals surface area (Å²) in [5, 5.41) is 7.76. The van der Waals surface area contributed by atoms with Gasteiger partial charge in [-0.3, -0.25) is 4.90 Å². The summed E-state index contributed by atoms with van der Waals surface area (Å²) >= 11 is 0. The van der Waals surface area contributed by atoms with E-state index in [0.29, 0.717) is 30.6 Å². The van der Waals surface area contributed by atoms with Crippen molar-refractivity contribution < 1.29 is 18.2 Å². The lowest BCUT2D eigenvalue weighted by molar-refractivity contribution is 0.114. The van der Waals surface area contributed by atoms with E-state index in [0.717, 1.165) is 11.3 Å². The Labute approximate surface area is 149 Å². The summed E-state index contributed by atoms with van der Waals surface area (Å²) in [6.45, 7) is 2.83. The Hall–Kier alpha value is -2.81. The summed E-state index contributed by atoms with van der Waals surface area (Å²) in [5.74, 6) is 2.10. The van der Waals surface area contributed by atoms with Gasteiger partial charge in [0.25, 0.3) is 5.89 Å². The standard InChI is InChI=1S/C17H18FN5O3/c1-11-19-14(21-25-11)9-23-8-7-17(18,10-23)16-20-15(22-26-16)12-3-5-13(24-2)6-4-12/h3-6H,7-10H2,1-2H3. The number of halogens is 1. The van der Waals surface area contributed by atoms with Gasteiger partial charge in [-0.2, -0.15) is 9.97 Å². The number of nitrogens with zero attached hydrogens (tertiary/aromatic N) is 5. The number of hydrogen-bond donors (Lipinski definition) is 0. The van der Waals surface area contributed by atoms with Gasteiger partial charge in [0.2, 0.25) is 17.4 Å². The fraction of sp³-hybridized carbons (Fsp3) is 0.412. The summed E-state index contributed by atoms with van der Waals surface area (Å²) < 4.78 is 30.6. The van der Waals surface area contributed by atoms with E-state index in [2.05, 4.69) is 20.3 Å². The highest BCUT2D eigenvalue weighted by molar-refractivity contribution is 5.55. The van der Waals surface area contributed by atoms with Gasteiger partial charge >= 0.3 is 0 Å². The van der Waals surface area contributed by atoms with Crippen LogP contribution in [-0.4, -0.2) is 45.4 Å². The highest BCUT2D eigenvalue weighted by Gasteiger charge is 2.45. The topological polar surface area (TPSA) is 90.3 Å². The van der Waals surface area contributed by atoms with Crippen LogP contribution in [0.4, 0.5) is 4.39 Å². The average molecular weight is 359 g/mol. The van der Waals surface area contributed by atoms with Gasteiger partial charge in [0.05, 0.1) is 13.7 Å². The molecule has 0 bridgehead atoms. The molecule has 0 saturated carbocycles. The van der Waals surface area contributed by atoms with Crippen LogP contribution in [0.1, 0.15) is 24.0 Å². The van der Waals surface area contributed by atoms with Gasteiger partial charge in [0.1, 0.15) is 5.75 Å². The lowest BCUT2D eigenvalue weighted by atomic mass is 10.1. The van der Waals surface area contributed by atoms with Gasteiger partial charge in [-0.15, -0.1) is 0 Å². The van der Waals surface area contributed by atoms with Gasteiger partial charge in [-0.05, 0) is 24.3 Å². The first-order valence-electron chi connectivity index (χ1n) is 8.25. The number of likely N-dealkylation sites (tertiary alicyclic amines) is 1. The molecule has 1 aromatic carbocycles. The quantitative estimate of drug-likeness (QED) is 0.686. The largest absolute Gasteiger partial charge is 0.497 e. The third-order valence-corrected chi connectivity index (χ3v) is 4.39. The molecule has 1 aliphatic heterocycles. The van der Waals surface area contributed by atoms with Crippen molar-refractivity contribution in [3.8, 4) is 17.1 Å². The number of benzene rings is 1. The van der Waals surface area contributed by atoms with Crippen LogP contribution < -0.4 is 4.74 Å². The van der Waals surface area contributed by atoms with E-state index < -0.39 is 5.67 Å². The van der Waals surface area contributed by atoms with Gasteiger partial charge in [0, 0.05) is 32.0 Å². The molecule has 0 amide bonds. The number of aromatic nitrogens is 4. The van der Waals surface area contributed by atoms with E-state index in [4.69, 9.17) is 13.8 Å². The molecule has 136 valence electrons. The van der Waals surface area contributed by atoms with Crippen LogP contribution >= 0.6 is 0 Å². The molecule has 2 aromatic heterocycles. The molecular weight excluding hydrogens is 341 g/mol. The fourth-order valence-electron chi connectivity index (χ4n) is 3.03. The Morgan fingerprint density at radius 2 is 2.00 bits per heavy atom. The van der Waals surface area contributed by atoms with Gasteiger partial charge in [-0.1, -0.05) is 10.3 Å². The zero-order valence-electron chi connectivity index (χ0n) is 14.5. The third-order valence-electron chi connectivity index (χ3n) is 4.39. The number of alkyl halides is 1. The SMILES string of the molecule is COc1ccc(-c2noc(C3(F)CCN(Cc4noc(C)n4)C3)n2)cc1. The first-order chi connectivity index (χ1) is 12.6. The van der Waals surface area contributed by atoms with E-state index in [9.17, 15) is 0 Å². The molecule has 0 aliphatic carbocycles. The summed E-state index contributed by atoms with van der Waals surface area (Å²) in [6, 6.07) is 7.19. The minimum Gasteiger partial charge on any atom is -0.497 e. The normalized spacial score (nSPS) is 20.6. The second kappa shape index (κ2) is 6.49. The Morgan fingerprint density at radius 1 is 1.19 bits per heavy atom. The maximum atomic E-state index is 15.3. The lowest BCUT2D eigenvalue weighted by Crippen LogP contribution is -2.27. The van der Waals surface area contributed by atoms with Crippen LogP contribution in [0.2, 0.25) is 0 Å². The van der Waals surface area contributed by atoms with E-state index in [1.807, 2.05) is 4.90 Å². The van der Waals surface area contributed by atoms with E-state index in [1.165, 1.54) is 0 Å². The van der Waals surface area contributed by atoms with Gasteiger partial charge < -0.3 is 13.8 Å². The van der Waals surface area contributed by atoms with Crippen molar-refractivity contribution in [2.45, 2.75) is 25.6 Å². The number of rotatable bonds is 5. The fourth-order valence-corrected chi connectivity index (χ4v) is 3.03. The predicted molar refractivity (Wildman–Crippen MR) is 88.0 cm³/mol. The molecular formula is C17H18FN5O3. The van der Waals surface area contributed by atoms with Crippen molar-refractivity contribution in [1.29, 1.82) is 0 Å². The molecule has 0 spiro atoms. The Morgan fingerprint density at radius 3 is 2.69 bits per heavy atom. The number of aryl methyl sites for hydroxylation is 1. The van der Waals surface area contributed by atoms with Crippen LogP contribution in [0, 0.1) is 6.92 Å². The predicted octanol–water partition coefficient (Wildman–Crippen LogP) is 2.51. The zero-order chi connectivity index (χ0) is 18.1. The second-order valence-corrected chi connectivity index (χ2v) is 6.31. The number of methoxy groups -OCH3 is 1. The molecule has 1 aliphatic rings. The molecule has 1 atom stereocenters. The van der Waals surface area contributed by atoms with E-state index in [-0.39, 0.29) is 18.9 Å². The van der Waals surface area contributed by atoms with Gasteiger partial charge in [0.15, 0.2) is 5.82 Å². The van der Waals surface area contributed by atoms with Crippen molar-refractivity contribution >= 4 is 0 Å². The smallest absolute Gasteiger partial charge is 0.266 e. The summed E-state index contributed by atoms with van der Waals surface area (Å²) in [5.41, 5.74) is -0.947. The highest BCUT2D eigenvalue weighted by atomic mass is 19.1. The van der Waals surface area contributed by atoms with Crippen LogP contribution in [0.15, 0.2) is 33.3 Å². The van der Waals surface area contributed by atoms with Crippen molar-refractivity contribution in [2.24, 2.45) is 0 Å². The Kier molecular flexibility index (Phi) is 4.15. The van der Waals surface area contributed by atoms with Crippen molar-refractivity contribution in [1.82, 2.24) is 25.2 Å². The average Bonchev–Trinajstić information content (AvgIpc) is 3.37. The first-order valence-corrected chi connectivity index (χ1v) is 8.25. The maximum absolute atomic E-state index is 15.3. The molecule has 3 heterocycles. The Bertz CT molecular complexity index is 894. The van der Waals surface area contributed by atoms with Crippen LogP contribution in [0.25, 0.3) is 11.4 Å². The highest BCUT2D eigenvalue weighted by Crippen LogP contribution is 2.36. The molecule has 1 saturated heterocycles. The zero-order valence-corrected chi connectivity index (χ0v) is 14.5. The van der Waals surface area contributed by atoms with Crippen LogP contribution in [0.5, 0.6) is 5.75 Å². The minimum absolute atomic E-state index is 0.00453. The van der Waals surface area contributed by atoms with E-state index >= 15 is 4.39 Å². The number of hydrogen-bond acceptors (Lipinski definition) is 8. The lowest BCUT2D eigenvalue weighted by Gasteiger charge is -2.15. The molecule has 26 heavy (non-hydrogen) atoms. The molecule has 9 heteroatoms. The van der Waals surface area contributed by atoms with Gasteiger partial charge in [-0.25, -0.2) is 4.39 Å². The van der Waals surface area contributed by atoms with Crippen LogP contribution in [0.3, 0.4) is 0 Å². The molecule has 1 unspecified atom stereocenters. The van der Waals surface area contributed by atoms with Crippen LogP contribution in [-0.2, 0) is 12.2 Å². The molecule has 1 fully saturated rings. The molecule has 8 nitrogen and oxygen atoms in total. The minimum atomic E-state index is -1.68. The third kappa shape index (κ3) is 3.17. The van der Waals surface area contributed by atoms with Crippen molar-refractivity contribution in [3.05, 3.63) is 41.9 Å². The van der Waals surface area contributed by atoms with E-state index in [1.54, 1.807) is 38.3 Å².